The summed E-state index contributed by atoms with van der Waals surface area (Å²) in [5, 5.41) is 3.24. The van der Waals surface area contributed by atoms with E-state index in [1.165, 1.54) is 27.5 Å². The van der Waals surface area contributed by atoms with Crippen LogP contribution in [0.5, 0.6) is 17.2 Å². The van der Waals surface area contributed by atoms with Crippen LogP contribution in [0.15, 0.2) is 54.7 Å². The molecule has 2 heterocycles. The molecule has 0 fully saturated rings. The van der Waals surface area contributed by atoms with Crippen molar-refractivity contribution in [3.8, 4) is 17.2 Å². The van der Waals surface area contributed by atoms with Crippen LogP contribution < -0.4 is 19.5 Å². The van der Waals surface area contributed by atoms with Crippen molar-refractivity contribution in [3.63, 3.8) is 0 Å². The quantitative estimate of drug-likeness (QED) is 0.510. The van der Waals surface area contributed by atoms with Crippen molar-refractivity contribution >= 4 is 29.2 Å². The Labute approximate surface area is 202 Å². The van der Waals surface area contributed by atoms with Crippen LogP contribution >= 0.6 is 11.6 Å². The Morgan fingerprint density at radius 3 is 2.38 bits per heavy atom. The number of rotatable bonds is 8. The summed E-state index contributed by atoms with van der Waals surface area (Å²) in [4.78, 5) is 32.1. The number of halogens is 1. The van der Waals surface area contributed by atoms with E-state index in [0.29, 0.717) is 45.8 Å². The van der Waals surface area contributed by atoms with Gasteiger partial charge in [-0.2, -0.15) is 0 Å². The molecule has 176 valence electrons. The molecular weight excluding hydrogens is 458 g/mol. The summed E-state index contributed by atoms with van der Waals surface area (Å²) < 4.78 is 16.4. The zero-order valence-corrected chi connectivity index (χ0v) is 19.8. The number of aromatic nitrogens is 1. The lowest BCUT2D eigenvalue weighted by molar-refractivity contribution is -0.117. The lowest BCUT2D eigenvalue weighted by atomic mass is 10.00. The van der Waals surface area contributed by atoms with Crippen LogP contribution in [0.2, 0.25) is 5.02 Å². The van der Waals surface area contributed by atoms with Gasteiger partial charge in [-0.15, -0.1) is 0 Å². The fourth-order valence-electron chi connectivity index (χ4n) is 4.05. The number of hydrogen-bond acceptors (Lipinski definition) is 6. The molecule has 0 aliphatic carbocycles. The van der Waals surface area contributed by atoms with Gasteiger partial charge in [0.05, 0.1) is 38.8 Å². The van der Waals surface area contributed by atoms with Crippen molar-refractivity contribution < 1.29 is 23.8 Å². The molecule has 1 aliphatic heterocycles. The highest BCUT2D eigenvalue weighted by molar-refractivity contribution is 6.30. The van der Waals surface area contributed by atoms with Crippen LogP contribution in [0, 0.1) is 0 Å². The predicted molar refractivity (Wildman–Crippen MR) is 128 cm³/mol. The van der Waals surface area contributed by atoms with E-state index in [1.54, 1.807) is 35.2 Å². The lowest BCUT2D eigenvalue weighted by Gasteiger charge is -2.29. The second kappa shape index (κ2) is 10.0. The number of benzene rings is 2. The molecule has 1 aliphatic rings. The normalized spacial score (nSPS) is 13.3. The minimum absolute atomic E-state index is 0.0112. The van der Waals surface area contributed by atoms with Crippen LogP contribution in [0.1, 0.15) is 33.9 Å². The Kier molecular flexibility index (Phi) is 6.88. The SMILES string of the molecule is COc1cc([C@@H](CC(=O)Nc2ccc(Cl)cn2)N2Cc3ccccc3C2=O)cc(OC)c1OC. The maximum absolute atomic E-state index is 13.3. The minimum Gasteiger partial charge on any atom is -0.493 e. The number of amides is 2. The van der Waals surface area contributed by atoms with E-state index >= 15 is 0 Å². The maximum atomic E-state index is 13.3. The molecule has 0 saturated heterocycles. The molecule has 0 radical (unpaired) electrons. The molecule has 0 unspecified atom stereocenters. The molecule has 2 amide bonds. The van der Waals surface area contributed by atoms with E-state index in [4.69, 9.17) is 25.8 Å². The molecule has 0 bridgehead atoms. The number of nitrogens with one attached hydrogen (secondary N) is 1. The number of anilines is 1. The Morgan fingerprint density at radius 1 is 1.09 bits per heavy atom. The first-order valence-corrected chi connectivity index (χ1v) is 10.9. The molecule has 3 aromatic rings. The van der Waals surface area contributed by atoms with Gasteiger partial charge in [0.15, 0.2) is 11.5 Å². The van der Waals surface area contributed by atoms with Crippen molar-refractivity contribution in [2.24, 2.45) is 0 Å². The van der Waals surface area contributed by atoms with Gasteiger partial charge in [0.1, 0.15) is 5.82 Å². The fourth-order valence-corrected chi connectivity index (χ4v) is 4.16. The molecule has 1 aromatic heterocycles. The van der Waals surface area contributed by atoms with E-state index < -0.39 is 6.04 Å². The van der Waals surface area contributed by atoms with E-state index in [9.17, 15) is 9.59 Å². The first-order chi connectivity index (χ1) is 16.4. The highest BCUT2D eigenvalue weighted by atomic mass is 35.5. The monoisotopic (exact) mass is 481 g/mol. The van der Waals surface area contributed by atoms with Crippen molar-refractivity contribution in [3.05, 3.63) is 76.4 Å². The first kappa shape index (κ1) is 23.4. The van der Waals surface area contributed by atoms with Gasteiger partial charge in [0, 0.05) is 18.3 Å². The topological polar surface area (TPSA) is 90.0 Å². The smallest absolute Gasteiger partial charge is 0.255 e. The van der Waals surface area contributed by atoms with Gasteiger partial charge in [-0.1, -0.05) is 29.8 Å². The van der Waals surface area contributed by atoms with Gasteiger partial charge in [-0.25, -0.2) is 4.98 Å². The van der Waals surface area contributed by atoms with Crippen LogP contribution in [-0.2, 0) is 11.3 Å². The maximum Gasteiger partial charge on any atom is 0.255 e. The van der Waals surface area contributed by atoms with E-state index in [2.05, 4.69) is 10.3 Å². The predicted octanol–water partition coefficient (Wildman–Crippen LogP) is 4.49. The third-order valence-electron chi connectivity index (χ3n) is 5.67. The molecule has 0 saturated carbocycles. The third-order valence-corrected chi connectivity index (χ3v) is 5.89. The molecule has 34 heavy (non-hydrogen) atoms. The number of methoxy groups -OCH3 is 3. The van der Waals surface area contributed by atoms with Gasteiger partial charge in [0.2, 0.25) is 11.7 Å². The van der Waals surface area contributed by atoms with Crippen LogP contribution in [0.4, 0.5) is 5.82 Å². The van der Waals surface area contributed by atoms with Crippen molar-refractivity contribution in [2.75, 3.05) is 26.6 Å². The molecule has 4 rings (SSSR count). The average Bonchev–Trinajstić information content (AvgIpc) is 3.19. The number of hydrogen-bond donors (Lipinski definition) is 1. The van der Waals surface area contributed by atoms with Gasteiger partial charge >= 0.3 is 0 Å². The first-order valence-electron chi connectivity index (χ1n) is 10.5. The summed E-state index contributed by atoms with van der Waals surface area (Å²) in [6.45, 7) is 0.378. The number of carbonyl (C=O) groups is 2. The van der Waals surface area contributed by atoms with Gasteiger partial charge in [-0.3, -0.25) is 9.59 Å². The molecule has 1 N–H and O–H groups in total. The van der Waals surface area contributed by atoms with Crippen molar-refractivity contribution in [1.29, 1.82) is 0 Å². The molecule has 2 aromatic carbocycles. The molecular formula is C25H24ClN3O5. The summed E-state index contributed by atoms with van der Waals surface area (Å²) in [6, 6.07) is 13.6. The fraction of sp³-hybridized carbons (Fsp3) is 0.240. The zero-order chi connectivity index (χ0) is 24.2. The number of pyridine rings is 1. The van der Waals surface area contributed by atoms with Gasteiger partial charge < -0.3 is 24.4 Å². The van der Waals surface area contributed by atoms with Crippen LogP contribution in [0.3, 0.4) is 0 Å². The summed E-state index contributed by atoms with van der Waals surface area (Å²) in [7, 11) is 4.56. The average molecular weight is 482 g/mol. The van der Waals surface area contributed by atoms with E-state index in [-0.39, 0.29) is 18.2 Å². The lowest BCUT2D eigenvalue weighted by Crippen LogP contribution is -2.32. The number of nitrogens with zero attached hydrogens (tertiary/aromatic N) is 2. The highest BCUT2D eigenvalue weighted by Crippen LogP contribution is 2.43. The van der Waals surface area contributed by atoms with Crippen molar-refractivity contribution in [2.45, 2.75) is 19.0 Å². The summed E-state index contributed by atoms with van der Waals surface area (Å²) >= 11 is 5.89. The summed E-state index contributed by atoms with van der Waals surface area (Å²) in [6.07, 6.45) is 1.44. The third kappa shape index (κ3) is 4.63. The second-order valence-electron chi connectivity index (χ2n) is 7.68. The summed E-state index contributed by atoms with van der Waals surface area (Å²) in [5.41, 5.74) is 2.21. The second-order valence-corrected chi connectivity index (χ2v) is 8.12. The largest absolute Gasteiger partial charge is 0.493 e. The van der Waals surface area contributed by atoms with Crippen LogP contribution in [0.25, 0.3) is 0 Å². The Balaban J connectivity index is 1.71. The van der Waals surface area contributed by atoms with E-state index in [1.807, 2.05) is 18.2 Å². The molecule has 8 nitrogen and oxygen atoms in total. The van der Waals surface area contributed by atoms with Crippen LogP contribution in [-0.4, -0.2) is 43.0 Å². The minimum atomic E-state index is -0.596. The standard InChI is InChI=1S/C25H24ClN3O5/c1-32-20-10-16(11-21(33-2)24(20)34-3)19(12-23(30)28-22-9-8-17(26)13-27-22)29-14-15-6-4-5-7-18(15)25(29)31/h4-11,13,19H,12,14H2,1-3H3,(H,27,28,30)/t19-/m1/s1. The Hall–Kier alpha value is -3.78. The summed E-state index contributed by atoms with van der Waals surface area (Å²) in [5.74, 6) is 1.22. The Bertz CT molecular complexity index is 1190. The Morgan fingerprint density at radius 2 is 1.79 bits per heavy atom. The number of carbonyl (C=O) groups excluding carboxylic acids is 2. The molecule has 0 spiro atoms. The zero-order valence-electron chi connectivity index (χ0n) is 19.0. The molecule has 9 heteroatoms. The number of ether oxygens (including phenoxy) is 3. The van der Waals surface area contributed by atoms with Crippen molar-refractivity contribution in [1.82, 2.24) is 9.88 Å². The highest BCUT2D eigenvalue weighted by Gasteiger charge is 2.35. The van der Waals surface area contributed by atoms with Gasteiger partial charge in [0.25, 0.3) is 5.91 Å². The van der Waals surface area contributed by atoms with Gasteiger partial charge in [-0.05, 0) is 41.5 Å². The molecule has 1 atom stereocenters. The number of fused-ring (bicyclic) bond motifs is 1. The van der Waals surface area contributed by atoms with E-state index in [0.717, 1.165) is 5.56 Å².